The van der Waals surface area contributed by atoms with E-state index < -0.39 is 11.7 Å². The number of fused-ring (bicyclic) bond motifs is 1. The van der Waals surface area contributed by atoms with Gasteiger partial charge in [0.15, 0.2) is 0 Å². The molecule has 0 fully saturated rings. The van der Waals surface area contributed by atoms with Gasteiger partial charge in [-0.1, -0.05) is 47.8 Å². The Kier molecular flexibility index (Phi) is 5.62. The predicted octanol–water partition coefficient (Wildman–Crippen LogP) is 6.11. The fourth-order valence-electron chi connectivity index (χ4n) is 2.71. The zero-order valence-corrected chi connectivity index (χ0v) is 18.3. The molecule has 1 heterocycles. The average Bonchev–Trinajstić information content (AvgIpc) is 2.97. The smallest absolute Gasteiger partial charge is 0.435 e. The normalized spacial score (nSPS) is 11.4. The van der Waals surface area contributed by atoms with Crippen LogP contribution in [0.15, 0.2) is 46.9 Å². The number of hydrogen-bond donors (Lipinski definition) is 0. The van der Waals surface area contributed by atoms with Gasteiger partial charge in [-0.05, 0) is 68.5 Å². The van der Waals surface area contributed by atoms with E-state index in [1.54, 1.807) is 0 Å². The highest BCUT2D eigenvalue weighted by molar-refractivity contribution is 9.10. The number of nitrogens with zero attached hydrogens (tertiary/aromatic N) is 2. The van der Waals surface area contributed by atoms with E-state index in [4.69, 9.17) is 4.74 Å². The third-order valence-corrected chi connectivity index (χ3v) is 4.60. The molecule has 1 aromatic heterocycles. The molecule has 5 heteroatoms. The number of ether oxygens (including phenoxy) is 1. The molecule has 3 aromatic rings. The molecule has 0 amide bonds. The maximum atomic E-state index is 12.6. The third-order valence-electron chi connectivity index (χ3n) is 4.11. The molecule has 0 bridgehead atoms. The summed E-state index contributed by atoms with van der Waals surface area (Å²) in [5.74, 6) is 6.73. The van der Waals surface area contributed by atoms with Crippen LogP contribution < -0.4 is 0 Å². The standard InChI is InChI=1S/C23H23BrN2O2/c1-15(2)17-9-6-16(7-10-17)8-12-20-19-14-18(24)11-13-21(19)26(25-20)22(27)28-23(3,4)5/h6-7,9-11,13-15H,1-5H3. The Morgan fingerprint density at radius 2 is 1.79 bits per heavy atom. The highest BCUT2D eigenvalue weighted by Gasteiger charge is 2.21. The monoisotopic (exact) mass is 438 g/mol. The maximum Gasteiger partial charge on any atom is 0.435 e. The summed E-state index contributed by atoms with van der Waals surface area (Å²) in [5.41, 5.74) is 2.77. The second-order valence-corrected chi connectivity index (χ2v) is 8.84. The van der Waals surface area contributed by atoms with Gasteiger partial charge >= 0.3 is 6.09 Å². The quantitative estimate of drug-likeness (QED) is 0.430. The van der Waals surface area contributed by atoms with Crippen LogP contribution in [-0.2, 0) is 4.74 Å². The number of carbonyl (C=O) groups is 1. The second-order valence-electron chi connectivity index (χ2n) is 7.93. The molecule has 0 aliphatic rings. The Bertz CT molecular complexity index is 1080. The van der Waals surface area contributed by atoms with Gasteiger partial charge in [-0.15, -0.1) is 0 Å². The van der Waals surface area contributed by atoms with Crippen molar-refractivity contribution in [3.05, 3.63) is 63.8 Å². The number of aromatic nitrogens is 2. The van der Waals surface area contributed by atoms with Gasteiger partial charge in [0.2, 0.25) is 0 Å². The molecular formula is C23H23BrN2O2. The summed E-state index contributed by atoms with van der Waals surface area (Å²) in [4.78, 5) is 12.6. The van der Waals surface area contributed by atoms with E-state index in [1.807, 2.05) is 51.1 Å². The average molecular weight is 439 g/mol. The molecule has 0 radical (unpaired) electrons. The van der Waals surface area contributed by atoms with Crippen molar-refractivity contribution in [2.75, 3.05) is 0 Å². The van der Waals surface area contributed by atoms with Crippen LogP contribution in [0.5, 0.6) is 0 Å². The summed E-state index contributed by atoms with van der Waals surface area (Å²) in [6.07, 6.45) is -0.519. The number of carbonyl (C=O) groups excluding carboxylic acids is 1. The van der Waals surface area contributed by atoms with Crippen LogP contribution in [0.25, 0.3) is 10.9 Å². The van der Waals surface area contributed by atoms with E-state index in [2.05, 4.69) is 58.8 Å². The lowest BCUT2D eigenvalue weighted by molar-refractivity contribution is 0.0522. The summed E-state index contributed by atoms with van der Waals surface area (Å²) >= 11 is 3.48. The molecule has 0 unspecified atom stereocenters. The fraction of sp³-hybridized carbons (Fsp3) is 0.304. The maximum absolute atomic E-state index is 12.6. The van der Waals surface area contributed by atoms with Crippen LogP contribution in [0, 0.1) is 11.8 Å². The van der Waals surface area contributed by atoms with Crippen molar-refractivity contribution < 1.29 is 9.53 Å². The third kappa shape index (κ3) is 4.63. The molecule has 0 spiro atoms. The number of halogens is 1. The fourth-order valence-corrected chi connectivity index (χ4v) is 3.07. The van der Waals surface area contributed by atoms with E-state index >= 15 is 0 Å². The molecule has 144 valence electrons. The molecule has 0 aliphatic heterocycles. The van der Waals surface area contributed by atoms with Crippen LogP contribution in [-0.4, -0.2) is 21.5 Å². The van der Waals surface area contributed by atoms with Gasteiger partial charge in [0.05, 0.1) is 5.52 Å². The molecule has 3 rings (SSSR count). The summed E-state index contributed by atoms with van der Waals surface area (Å²) in [7, 11) is 0. The van der Waals surface area contributed by atoms with E-state index in [9.17, 15) is 4.79 Å². The topological polar surface area (TPSA) is 44.1 Å². The van der Waals surface area contributed by atoms with Crippen molar-refractivity contribution in [1.82, 2.24) is 9.78 Å². The van der Waals surface area contributed by atoms with Crippen LogP contribution in [0.3, 0.4) is 0 Å². The molecule has 2 aromatic carbocycles. The number of hydrogen-bond acceptors (Lipinski definition) is 3. The first-order valence-electron chi connectivity index (χ1n) is 9.17. The largest absolute Gasteiger partial charge is 0.442 e. The lowest BCUT2D eigenvalue weighted by Gasteiger charge is -2.19. The van der Waals surface area contributed by atoms with Gasteiger partial charge < -0.3 is 4.74 Å². The first kappa shape index (κ1) is 20.2. The van der Waals surface area contributed by atoms with Crippen molar-refractivity contribution in [2.24, 2.45) is 0 Å². The highest BCUT2D eigenvalue weighted by Crippen LogP contribution is 2.24. The first-order chi connectivity index (χ1) is 13.1. The molecule has 0 N–H and O–H groups in total. The van der Waals surface area contributed by atoms with Gasteiger partial charge in [-0.25, -0.2) is 4.79 Å². The second kappa shape index (κ2) is 7.81. The number of benzene rings is 2. The molecule has 0 saturated carbocycles. The summed E-state index contributed by atoms with van der Waals surface area (Å²) in [6, 6.07) is 13.8. The Morgan fingerprint density at radius 1 is 1.11 bits per heavy atom. The van der Waals surface area contributed by atoms with Crippen LogP contribution in [0.1, 0.15) is 57.4 Å². The molecule has 28 heavy (non-hydrogen) atoms. The Hall–Kier alpha value is -2.58. The number of rotatable bonds is 1. The Balaban J connectivity index is 2.02. The van der Waals surface area contributed by atoms with Gasteiger partial charge in [-0.3, -0.25) is 0 Å². The van der Waals surface area contributed by atoms with E-state index in [-0.39, 0.29) is 0 Å². The van der Waals surface area contributed by atoms with Crippen molar-refractivity contribution in [3.63, 3.8) is 0 Å². The summed E-state index contributed by atoms with van der Waals surface area (Å²) < 4.78 is 7.65. The molecule has 4 nitrogen and oxygen atoms in total. The zero-order valence-electron chi connectivity index (χ0n) is 16.7. The Labute approximate surface area is 174 Å². The van der Waals surface area contributed by atoms with E-state index in [0.29, 0.717) is 17.1 Å². The summed E-state index contributed by atoms with van der Waals surface area (Å²) in [6.45, 7) is 9.81. The SMILES string of the molecule is CC(C)c1ccc(C#Cc2nn(C(=O)OC(C)(C)C)c3ccc(Br)cc23)cc1. The predicted molar refractivity (Wildman–Crippen MR) is 116 cm³/mol. The molecular weight excluding hydrogens is 416 g/mol. The summed E-state index contributed by atoms with van der Waals surface area (Å²) in [5, 5.41) is 5.22. The van der Waals surface area contributed by atoms with Crippen LogP contribution >= 0.6 is 15.9 Å². The van der Waals surface area contributed by atoms with Crippen molar-refractivity contribution in [2.45, 2.75) is 46.1 Å². The zero-order chi connectivity index (χ0) is 20.5. The van der Waals surface area contributed by atoms with Crippen LogP contribution in [0.2, 0.25) is 0 Å². The van der Waals surface area contributed by atoms with E-state index in [0.717, 1.165) is 15.4 Å². The molecule has 0 aliphatic carbocycles. The molecule has 0 saturated heterocycles. The van der Waals surface area contributed by atoms with Gasteiger partial charge in [0, 0.05) is 15.4 Å². The van der Waals surface area contributed by atoms with E-state index in [1.165, 1.54) is 10.2 Å². The van der Waals surface area contributed by atoms with Crippen molar-refractivity contribution in [3.8, 4) is 11.8 Å². The van der Waals surface area contributed by atoms with Gasteiger partial charge in [-0.2, -0.15) is 9.78 Å². The molecule has 0 atom stereocenters. The van der Waals surface area contributed by atoms with Gasteiger partial charge in [0.1, 0.15) is 11.3 Å². The van der Waals surface area contributed by atoms with Crippen molar-refractivity contribution in [1.29, 1.82) is 0 Å². The van der Waals surface area contributed by atoms with Crippen LogP contribution in [0.4, 0.5) is 4.79 Å². The van der Waals surface area contributed by atoms with Crippen molar-refractivity contribution >= 4 is 32.9 Å². The highest BCUT2D eigenvalue weighted by atomic mass is 79.9. The minimum absolute atomic E-state index is 0.479. The lowest BCUT2D eigenvalue weighted by Crippen LogP contribution is -2.27. The minimum atomic E-state index is -0.602. The minimum Gasteiger partial charge on any atom is -0.442 e. The first-order valence-corrected chi connectivity index (χ1v) is 9.97. The van der Waals surface area contributed by atoms with Gasteiger partial charge in [0.25, 0.3) is 0 Å². The Morgan fingerprint density at radius 3 is 2.39 bits per heavy atom. The lowest BCUT2D eigenvalue weighted by atomic mass is 10.0.